The van der Waals surface area contributed by atoms with Crippen LogP contribution in [0.15, 0.2) is 24.3 Å². The van der Waals surface area contributed by atoms with Gasteiger partial charge in [0.1, 0.15) is 5.75 Å². The van der Waals surface area contributed by atoms with Gasteiger partial charge in [0.05, 0.1) is 7.11 Å². The smallest absolute Gasteiger partial charge is 0.122 e. The molecule has 0 aromatic heterocycles. The van der Waals surface area contributed by atoms with E-state index in [1.807, 2.05) is 12.1 Å². The standard InChI is InChI=1S/C16H25NO/c1-16(2)9-8-14(17)13(11-16)10-12-6-4-5-7-15(12)18-3/h4-7,13-14H,8-11,17H2,1-3H3. The van der Waals surface area contributed by atoms with Crippen LogP contribution in [0, 0.1) is 11.3 Å². The zero-order valence-electron chi connectivity index (χ0n) is 11.8. The average Bonchev–Trinajstić information content (AvgIpc) is 2.34. The van der Waals surface area contributed by atoms with E-state index in [0.29, 0.717) is 17.4 Å². The fourth-order valence-electron chi connectivity index (χ4n) is 3.13. The summed E-state index contributed by atoms with van der Waals surface area (Å²) in [6.45, 7) is 4.71. The van der Waals surface area contributed by atoms with Crippen LogP contribution in [0.5, 0.6) is 5.75 Å². The summed E-state index contributed by atoms with van der Waals surface area (Å²) < 4.78 is 5.43. The lowest BCUT2D eigenvalue weighted by atomic mass is 9.68. The minimum absolute atomic E-state index is 0.336. The third-order valence-corrected chi connectivity index (χ3v) is 4.25. The normalized spacial score (nSPS) is 26.9. The summed E-state index contributed by atoms with van der Waals surface area (Å²) in [5, 5.41) is 0. The van der Waals surface area contributed by atoms with Crippen molar-refractivity contribution in [2.75, 3.05) is 7.11 Å². The molecule has 18 heavy (non-hydrogen) atoms. The first-order chi connectivity index (χ1) is 8.52. The summed E-state index contributed by atoms with van der Waals surface area (Å²) in [7, 11) is 1.74. The molecule has 2 nitrogen and oxygen atoms in total. The van der Waals surface area contributed by atoms with Crippen molar-refractivity contribution in [2.45, 2.75) is 45.6 Å². The minimum Gasteiger partial charge on any atom is -0.496 e. The quantitative estimate of drug-likeness (QED) is 0.888. The summed E-state index contributed by atoms with van der Waals surface area (Å²) in [5.41, 5.74) is 8.02. The molecule has 0 heterocycles. The van der Waals surface area contributed by atoms with Gasteiger partial charge >= 0.3 is 0 Å². The van der Waals surface area contributed by atoms with Gasteiger partial charge in [0.25, 0.3) is 0 Å². The molecular formula is C16H25NO. The average molecular weight is 247 g/mol. The molecule has 0 aliphatic heterocycles. The van der Waals surface area contributed by atoms with Crippen LogP contribution in [-0.4, -0.2) is 13.2 Å². The second kappa shape index (κ2) is 5.31. The summed E-state index contributed by atoms with van der Waals surface area (Å²) in [4.78, 5) is 0. The SMILES string of the molecule is COc1ccccc1CC1CC(C)(C)CCC1N. The highest BCUT2D eigenvalue weighted by molar-refractivity contribution is 5.33. The van der Waals surface area contributed by atoms with E-state index in [-0.39, 0.29) is 0 Å². The lowest BCUT2D eigenvalue weighted by Gasteiger charge is -2.39. The summed E-state index contributed by atoms with van der Waals surface area (Å²) in [6.07, 6.45) is 4.64. The molecule has 1 aromatic carbocycles. The third-order valence-electron chi connectivity index (χ3n) is 4.25. The predicted molar refractivity (Wildman–Crippen MR) is 75.8 cm³/mol. The van der Waals surface area contributed by atoms with Gasteiger partial charge in [0.2, 0.25) is 0 Å². The Labute approximate surface area is 111 Å². The molecule has 1 aliphatic rings. The van der Waals surface area contributed by atoms with Crippen molar-refractivity contribution in [3.8, 4) is 5.75 Å². The monoisotopic (exact) mass is 247 g/mol. The fourth-order valence-corrected chi connectivity index (χ4v) is 3.13. The van der Waals surface area contributed by atoms with E-state index in [9.17, 15) is 0 Å². The van der Waals surface area contributed by atoms with Crippen molar-refractivity contribution >= 4 is 0 Å². The number of rotatable bonds is 3. The van der Waals surface area contributed by atoms with Gasteiger partial charge in [-0.05, 0) is 48.6 Å². The molecule has 2 atom stereocenters. The minimum atomic E-state index is 0.336. The summed E-state index contributed by atoms with van der Waals surface area (Å²) in [5.74, 6) is 1.57. The van der Waals surface area contributed by atoms with Gasteiger partial charge < -0.3 is 10.5 Å². The van der Waals surface area contributed by atoms with E-state index in [1.165, 1.54) is 18.4 Å². The molecule has 2 unspecified atom stereocenters. The lowest BCUT2D eigenvalue weighted by molar-refractivity contribution is 0.156. The Hall–Kier alpha value is -1.02. The fraction of sp³-hybridized carbons (Fsp3) is 0.625. The third kappa shape index (κ3) is 3.05. The zero-order valence-corrected chi connectivity index (χ0v) is 11.8. The van der Waals surface area contributed by atoms with Gasteiger partial charge in [0, 0.05) is 6.04 Å². The highest BCUT2D eigenvalue weighted by atomic mass is 16.5. The molecule has 100 valence electrons. The number of hydrogen-bond acceptors (Lipinski definition) is 2. The van der Waals surface area contributed by atoms with Crippen molar-refractivity contribution in [2.24, 2.45) is 17.1 Å². The maximum Gasteiger partial charge on any atom is 0.122 e. The van der Waals surface area contributed by atoms with Crippen LogP contribution in [0.3, 0.4) is 0 Å². The Morgan fingerprint density at radius 1 is 1.33 bits per heavy atom. The first-order valence-corrected chi connectivity index (χ1v) is 6.89. The van der Waals surface area contributed by atoms with E-state index in [0.717, 1.165) is 18.6 Å². The van der Waals surface area contributed by atoms with E-state index in [4.69, 9.17) is 10.5 Å². The molecule has 1 saturated carbocycles. The number of nitrogens with two attached hydrogens (primary N) is 1. The molecule has 1 fully saturated rings. The summed E-state index contributed by atoms with van der Waals surface area (Å²) in [6, 6.07) is 8.63. The van der Waals surface area contributed by atoms with Gasteiger partial charge in [-0.15, -0.1) is 0 Å². The molecule has 0 bridgehead atoms. The van der Waals surface area contributed by atoms with Crippen LogP contribution >= 0.6 is 0 Å². The van der Waals surface area contributed by atoms with Crippen molar-refractivity contribution in [1.82, 2.24) is 0 Å². The van der Waals surface area contributed by atoms with Gasteiger partial charge in [-0.2, -0.15) is 0 Å². The largest absolute Gasteiger partial charge is 0.496 e. The molecule has 0 radical (unpaired) electrons. The molecule has 2 heteroatoms. The van der Waals surface area contributed by atoms with Crippen molar-refractivity contribution < 1.29 is 4.74 Å². The Kier molecular flexibility index (Phi) is 3.96. The Morgan fingerprint density at radius 3 is 2.78 bits per heavy atom. The Bertz CT molecular complexity index is 400. The highest BCUT2D eigenvalue weighted by Gasteiger charge is 2.33. The molecule has 2 rings (SSSR count). The molecule has 2 N–H and O–H groups in total. The van der Waals surface area contributed by atoms with Gasteiger partial charge in [-0.1, -0.05) is 32.0 Å². The topological polar surface area (TPSA) is 35.2 Å². The van der Waals surface area contributed by atoms with E-state index < -0.39 is 0 Å². The van der Waals surface area contributed by atoms with Crippen LogP contribution in [0.2, 0.25) is 0 Å². The second-order valence-electron chi connectivity index (χ2n) is 6.35. The number of methoxy groups -OCH3 is 1. The zero-order chi connectivity index (χ0) is 13.2. The molecular weight excluding hydrogens is 222 g/mol. The van der Waals surface area contributed by atoms with E-state index in [1.54, 1.807) is 7.11 Å². The van der Waals surface area contributed by atoms with Crippen LogP contribution < -0.4 is 10.5 Å². The highest BCUT2D eigenvalue weighted by Crippen LogP contribution is 2.40. The van der Waals surface area contributed by atoms with Gasteiger partial charge in [-0.25, -0.2) is 0 Å². The number of benzene rings is 1. The van der Waals surface area contributed by atoms with Crippen molar-refractivity contribution in [1.29, 1.82) is 0 Å². The molecule has 1 aromatic rings. The maximum atomic E-state index is 6.30. The molecule has 0 spiro atoms. The van der Waals surface area contributed by atoms with E-state index in [2.05, 4.69) is 26.0 Å². The van der Waals surface area contributed by atoms with Crippen LogP contribution in [0.25, 0.3) is 0 Å². The van der Waals surface area contributed by atoms with E-state index >= 15 is 0 Å². The van der Waals surface area contributed by atoms with Crippen molar-refractivity contribution in [3.05, 3.63) is 29.8 Å². The Balaban J connectivity index is 2.12. The first kappa shape index (κ1) is 13.4. The molecule has 1 aliphatic carbocycles. The number of ether oxygens (including phenoxy) is 1. The van der Waals surface area contributed by atoms with Gasteiger partial charge in [0.15, 0.2) is 0 Å². The maximum absolute atomic E-state index is 6.30. The van der Waals surface area contributed by atoms with Crippen LogP contribution in [-0.2, 0) is 6.42 Å². The molecule has 0 saturated heterocycles. The van der Waals surface area contributed by atoms with Crippen molar-refractivity contribution in [3.63, 3.8) is 0 Å². The van der Waals surface area contributed by atoms with Crippen LogP contribution in [0.4, 0.5) is 0 Å². The first-order valence-electron chi connectivity index (χ1n) is 6.89. The second-order valence-corrected chi connectivity index (χ2v) is 6.35. The predicted octanol–water partition coefficient (Wildman–Crippen LogP) is 3.39. The number of para-hydroxylation sites is 1. The Morgan fingerprint density at radius 2 is 2.06 bits per heavy atom. The summed E-state index contributed by atoms with van der Waals surface area (Å²) >= 11 is 0. The number of hydrogen-bond donors (Lipinski definition) is 1. The van der Waals surface area contributed by atoms with Gasteiger partial charge in [-0.3, -0.25) is 0 Å². The van der Waals surface area contributed by atoms with Crippen LogP contribution in [0.1, 0.15) is 38.7 Å². The molecule has 0 amide bonds. The lowest BCUT2D eigenvalue weighted by Crippen LogP contribution is -2.40.